The molecule has 18 heavy (non-hydrogen) atoms. The van der Waals surface area contributed by atoms with Gasteiger partial charge in [0.25, 0.3) is 5.91 Å². The van der Waals surface area contributed by atoms with Crippen LogP contribution >= 0.6 is 0 Å². The van der Waals surface area contributed by atoms with Gasteiger partial charge in [-0.3, -0.25) is 9.78 Å². The summed E-state index contributed by atoms with van der Waals surface area (Å²) in [6.07, 6.45) is 7.91. The number of pyridine rings is 1. The summed E-state index contributed by atoms with van der Waals surface area (Å²) in [7, 11) is 1.79. The molecule has 0 aliphatic rings. The van der Waals surface area contributed by atoms with E-state index in [2.05, 4.69) is 22.5 Å². The zero-order valence-electron chi connectivity index (χ0n) is 11.5. The largest absolute Gasteiger partial charge is 0.386 e. The summed E-state index contributed by atoms with van der Waals surface area (Å²) < 4.78 is 0. The van der Waals surface area contributed by atoms with Crippen molar-refractivity contribution in [2.75, 3.05) is 12.4 Å². The maximum Gasteiger partial charge on any atom is 0.253 e. The number of carbonyl (C=O) groups excluding carboxylic acids is 1. The van der Waals surface area contributed by atoms with Crippen molar-refractivity contribution in [1.29, 1.82) is 0 Å². The summed E-state index contributed by atoms with van der Waals surface area (Å²) in [4.78, 5) is 16.1. The molecule has 0 bridgehead atoms. The van der Waals surface area contributed by atoms with Crippen LogP contribution in [0.2, 0.25) is 0 Å². The molecule has 0 aromatic carbocycles. The first-order chi connectivity index (χ1) is 8.69. The molecular formula is C14H23N3O. The second kappa shape index (κ2) is 7.69. The minimum atomic E-state index is -0.0363. The number of amides is 1. The third kappa shape index (κ3) is 4.35. The number of hydrogen-bond acceptors (Lipinski definition) is 3. The summed E-state index contributed by atoms with van der Waals surface area (Å²) in [5, 5.41) is 6.00. The first-order valence-corrected chi connectivity index (χ1v) is 6.61. The lowest BCUT2D eigenvalue weighted by molar-refractivity contribution is 0.0938. The Kier molecular flexibility index (Phi) is 6.19. The number of carbonyl (C=O) groups is 1. The molecule has 1 aromatic heterocycles. The van der Waals surface area contributed by atoms with Crippen molar-refractivity contribution in [3.05, 3.63) is 24.0 Å². The van der Waals surface area contributed by atoms with E-state index in [1.165, 1.54) is 12.8 Å². The van der Waals surface area contributed by atoms with E-state index in [1.54, 1.807) is 25.5 Å². The van der Waals surface area contributed by atoms with Gasteiger partial charge in [0.15, 0.2) is 0 Å². The molecule has 0 aliphatic heterocycles. The quantitative estimate of drug-likeness (QED) is 0.731. The van der Waals surface area contributed by atoms with Gasteiger partial charge < -0.3 is 10.6 Å². The second-order valence-electron chi connectivity index (χ2n) is 4.54. The summed E-state index contributed by atoms with van der Waals surface area (Å²) in [5.41, 5.74) is 1.41. The fourth-order valence-corrected chi connectivity index (χ4v) is 1.87. The topological polar surface area (TPSA) is 54.0 Å². The molecule has 2 N–H and O–H groups in total. The molecule has 0 saturated heterocycles. The fourth-order valence-electron chi connectivity index (χ4n) is 1.87. The van der Waals surface area contributed by atoms with Crippen molar-refractivity contribution in [1.82, 2.24) is 10.3 Å². The first kappa shape index (κ1) is 14.5. The highest BCUT2D eigenvalue weighted by atomic mass is 16.1. The van der Waals surface area contributed by atoms with Crippen molar-refractivity contribution >= 4 is 11.6 Å². The molecule has 4 nitrogen and oxygen atoms in total. The molecule has 1 aromatic rings. The van der Waals surface area contributed by atoms with Crippen molar-refractivity contribution in [2.24, 2.45) is 0 Å². The Balaban J connectivity index is 2.54. The number of hydrogen-bond donors (Lipinski definition) is 2. The maximum atomic E-state index is 12.1. The van der Waals surface area contributed by atoms with E-state index in [0.717, 1.165) is 18.5 Å². The van der Waals surface area contributed by atoms with Crippen LogP contribution in [-0.2, 0) is 0 Å². The number of unbranched alkanes of at least 4 members (excludes halogenated alkanes) is 2. The van der Waals surface area contributed by atoms with Gasteiger partial charge in [-0.15, -0.1) is 0 Å². The Bertz CT molecular complexity index is 379. The van der Waals surface area contributed by atoms with E-state index < -0.39 is 0 Å². The Morgan fingerprint density at radius 2 is 2.22 bits per heavy atom. The van der Waals surface area contributed by atoms with Crippen LogP contribution in [0.3, 0.4) is 0 Å². The van der Waals surface area contributed by atoms with Gasteiger partial charge in [0.05, 0.1) is 17.4 Å². The highest BCUT2D eigenvalue weighted by Crippen LogP contribution is 2.13. The summed E-state index contributed by atoms with van der Waals surface area (Å²) in [5.74, 6) is -0.0363. The first-order valence-electron chi connectivity index (χ1n) is 6.61. The van der Waals surface area contributed by atoms with Gasteiger partial charge in [-0.1, -0.05) is 26.2 Å². The molecule has 0 spiro atoms. The van der Waals surface area contributed by atoms with E-state index in [-0.39, 0.29) is 11.9 Å². The van der Waals surface area contributed by atoms with Crippen molar-refractivity contribution in [3.63, 3.8) is 0 Å². The van der Waals surface area contributed by atoms with Crippen molar-refractivity contribution in [2.45, 2.75) is 45.6 Å². The molecule has 0 saturated carbocycles. The number of anilines is 1. The molecule has 1 amide bonds. The SMILES string of the molecule is CCCCCC(C)NC(=O)c1ccncc1NC. The smallest absolute Gasteiger partial charge is 0.253 e. The number of aromatic nitrogens is 1. The van der Waals surface area contributed by atoms with Crippen LogP contribution in [0.25, 0.3) is 0 Å². The Morgan fingerprint density at radius 3 is 2.89 bits per heavy atom. The van der Waals surface area contributed by atoms with Crippen LogP contribution in [-0.4, -0.2) is 24.0 Å². The third-order valence-corrected chi connectivity index (χ3v) is 2.95. The van der Waals surface area contributed by atoms with Crippen LogP contribution in [0, 0.1) is 0 Å². The van der Waals surface area contributed by atoms with Crippen LogP contribution in [0.5, 0.6) is 0 Å². The van der Waals surface area contributed by atoms with Gasteiger partial charge in [0.1, 0.15) is 0 Å². The van der Waals surface area contributed by atoms with Gasteiger partial charge in [-0.2, -0.15) is 0 Å². The predicted molar refractivity (Wildman–Crippen MR) is 74.9 cm³/mol. The lowest BCUT2D eigenvalue weighted by Crippen LogP contribution is -2.32. The van der Waals surface area contributed by atoms with E-state index in [4.69, 9.17) is 0 Å². The predicted octanol–water partition coefficient (Wildman–Crippen LogP) is 2.82. The lowest BCUT2D eigenvalue weighted by Gasteiger charge is -2.15. The van der Waals surface area contributed by atoms with E-state index in [0.29, 0.717) is 5.56 Å². The lowest BCUT2D eigenvalue weighted by atomic mass is 10.1. The maximum absolute atomic E-state index is 12.1. The monoisotopic (exact) mass is 249 g/mol. The Morgan fingerprint density at radius 1 is 1.44 bits per heavy atom. The molecule has 1 heterocycles. The van der Waals surface area contributed by atoms with Gasteiger partial charge in [0.2, 0.25) is 0 Å². The molecule has 0 aliphatic carbocycles. The molecule has 100 valence electrons. The van der Waals surface area contributed by atoms with E-state index in [9.17, 15) is 4.79 Å². The van der Waals surface area contributed by atoms with Crippen LogP contribution in [0.15, 0.2) is 18.5 Å². The molecule has 1 rings (SSSR count). The molecule has 1 unspecified atom stereocenters. The van der Waals surface area contributed by atoms with Crippen molar-refractivity contribution < 1.29 is 4.79 Å². The standard InChI is InChI=1S/C14H23N3O/c1-4-5-6-7-11(2)17-14(18)12-8-9-16-10-13(12)15-3/h8-11,15H,4-7H2,1-3H3,(H,17,18). The van der Waals surface area contributed by atoms with Crippen LogP contribution in [0.1, 0.15) is 49.9 Å². The van der Waals surface area contributed by atoms with E-state index in [1.807, 2.05) is 6.92 Å². The average molecular weight is 249 g/mol. The number of nitrogens with one attached hydrogen (secondary N) is 2. The molecular weight excluding hydrogens is 226 g/mol. The number of nitrogens with zero attached hydrogens (tertiary/aromatic N) is 1. The summed E-state index contributed by atoms with van der Waals surface area (Å²) in [6, 6.07) is 1.95. The Labute approximate surface area is 109 Å². The Hall–Kier alpha value is -1.58. The van der Waals surface area contributed by atoms with Gasteiger partial charge >= 0.3 is 0 Å². The average Bonchev–Trinajstić information content (AvgIpc) is 2.39. The van der Waals surface area contributed by atoms with Crippen molar-refractivity contribution in [3.8, 4) is 0 Å². The normalized spacial score (nSPS) is 11.9. The zero-order chi connectivity index (χ0) is 13.4. The molecule has 1 atom stereocenters. The minimum Gasteiger partial charge on any atom is -0.386 e. The number of rotatable bonds is 7. The third-order valence-electron chi connectivity index (χ3n) is 2.95. The highest BCUT2D eigenvalue weighted by molar-refractivity contribution is 5.99. The minimum absolute atomic E-state index is 0.0363. The van der Waals surface area contributed by atoms with E-state index >= 15 is 0 Å². The fraction of sp³-hybridized carbons (Fsp3) is 0.571. The van der Waals surface area contributed by atoms with Crippen LogP contribution in [0.4, 0.5) is 5.69 Å². The van der Waals surface area contributed by atoms with Gasteiger partial charge in [0, 0.05) is 19.3 Å². The zero-order valence-corrected chi connectivity index (χ0v) is 11.5. The highest BCUT2D eigenvalue weighted by Gasteiger charge is 2.12. The van der Waals surface area contributed by atoms with Gasteiger partial charge in [-0.25, -0.2) is 0 Å². The summed E-state index contributed by atoms with van der Waals surface area (Å²) in [6.45, 7) is 4.23. The summed E-state index contributed by atoms with van der Waals surface area (Å²) >= 11 is 0. The van der Waals surface area contributed by atoms with Crippen LogP contribution < -0.4 is 10.6 Å². The van der Waals surface area contributed by atoms with Gasteiger partial charge in [-0.05, 0) is 19.4 Å². The molecule has 0 fully saturated rings. The molecule has 4 heteroatoms. The second-order valence-corrected chi connectivity index (χ2v) is 4.54. The molecule has 0 radical (unpaired) electrons.